The molecule has 0 radical (unpaired) electrons. The van der Waals surface area contributed by atoms with E-state index in [1.54, 1.807) is 6.08 Å². The summed E-state index contributed by atoms with van der Waals surface area (Å²) < 4.78 is 0. The maximum Gasteiger partial charge on any atom is 0.0854 e. The van der Waals surface area contributed by atoms with Crippen molar-refractivity contribution in [3.63, 3.8) is 0 Å². The molecule has 0 aromatic heterocycles. The van der Waals surface area contributed by atoms with Crippen molar-refractivity contribution in [1.29, 1.82) is 0 Å². The Kier molecular flexibility index (Phi) is 3.04. The Labute approximate surface area is 85.2 Å². The van der Waals surface area contributed by atoms with Crippen LogP contribution in [0.1, 0.15) is 13.8 Å². The molecule has 1 aliphatic rings. The summed E-state index contributed by atoms with van der Waals surface area (Å²) in [5.74, 6) is 0. The van der Waals surface area contributed by atoms with Gasteiger partial charge in [0.05, 0.1) is 4.99 Å². The standard InChI is InChI=1S/C11H15NS/c1-4-5-6-7-9-8-12-10(13)11(9,2)3/h4-7H,1,8H2,2-3H3,(H,12,13)/b6-5-,9-7+. The van der Waals surface area contributed by atoms with Gasteiger partial charge in [0.15, 0.2) is 0 Å². The maximum absolute atomic E-state index is 5.21. The van der Waals surface area contributed by atoms with Gasteiger partial charge in [0.2, 0.25) is 0 Å². The molecule has 1 fully saturated rings. The summed E-state index contributed by atoms with van der Waals surface area (Å²) in [5, 5.41) is 3.19. The maximum atomic E-state index is 5.21. The molecule has 0 atom stereocenters. The van der Waals surface area contributed by atoms with E-state index in [2.05, 4.69) is 31.8 Å². The van der Waals surface area contributed by atoms with E-state index < -0.39 is 0 Å². The molecule has 0 aromatic rings. The topological polar surface area (TPSA) is 12.0 Å². The number of nitrogens with one attached hydrogen (secondary N) is 1. The Morgan fingerprint density at radius 1 is 1.46 bits per heavy atom. The lowest BCUT2D eigenvalue weighted by Crippen LogP contribution is -2.23. The van der Waals surface area contributed by atoms with E-state index in [4.69, 9.17) is 12.2 Å². The third-order valence-electron chi connectivity index (χ3n) is 2.35. The van der Waals surface area contributed by atoms with Gasteiger partial charge in [-0.2, -0.15) is 0 Å². The second-order valence-electron chi connectivity index (χ2n) is 3.62. The van der Waals surface area contributed by atoms with Crippen molar-refractivity contribution in [2.24, 2.45) is 5.41 Å². The monoisotopic (exact) mass is 193 g/mol. The predicted molar refractivity (Wildman–Crippen MR) is 61.8 cm³/mol. The molecule has 1 heterocycles. The first kappa shape index (κ1) is 10.2. The Bertz CT molecular complexity index is 284. The number of hydrogen-bond donors (Lipinski definition) is 1. The van der Waals surface area contributed by atoms with Crippen LogP contribution >= 0.6 is 12.2 Å². The van der Waals surface area contributed by atoms with Crippen LogP contribution < -0.4 is 5.32 Å². The first-order valence-electron chi connectivity index (χ1n) is 4.36. The lowest BCUT2D eigenvalue weighted by molar-refractivity contribution is 0.658. The van der Waals surface area contributed by atoms with Crippen LogP contribution in [0.3, 0.4) is 0 Å². The fraction of sp³-hybridized carbons (Fsp3) is 0.364. The molecule has 1 saturated heterocycles. The summed E-state index contributed by atoms with van der Waals surface area (Å²) in [7, 11) is 0. The zero-order chi connectivity index (χ0) is 9.90. The van der Waals surface area contributed by atoms with E-state index in [0.29, 0.717) is 0 Å². The van der Waals surface area contributed by atoms with Crippen molar-refractivity contribution in [2.75, 3.05) is 6.54 Å². The van der Waals surface area contributed by atoms with E-state index in [9.17, 15) is 0 Å². The first-order chi connectivity index (χ1) is 6.09. The summed E-state index contributed by atoms with van der Waals surface area (Å²) in [6.07, 6.45) is 7.79. The predicted octanol–water partition coefficient (Wildman–Crippen LogP) is 2.61. The highest BCUT2D eigenvalue weighted by Crippen LogP contribution is 2.31. The molecule has 2 heteroatoms. The summed E-state index contributed by atoms with van der Waals surface area (Å²) >= 11 is 5.21. The van der Waals surface area contributed by atoms with E-state index in [-0.39, 0.29) is 5.41 Å². The Hall–Kier alpha value is -0.890. The summed E-state index contributed by atoms with van der Waals surface area (Å²) in [6.45, 7) is 8.77. The SMILES string of the molecule is C=C/C=C\C=C1/CNC(=S)C1(C)C. The minimum absolute atomic E-state index is 0.0147. The Morgan fingerprint density at radius 3 is 2.62 bits per heavy atom. The molecule has 0 aliphatic carbocycles. The van der Waals surface area contributed by atoms with E-state index >= 15 is 0 Å². The molecule has 0 spiro atoms. The zero-order valence-corrected chi connectivity index (χ0v) is 8.95. The Balaban J connectivity index is 2.83. The molecule has 1 N–H and O–H groups in total. The van der Waals surface area contributed by atoms with Crippen LogP contribution in [0.25, 0.3) is 0 Å². The highest BCUT2D eigenvalue weighted by Gasteiger charge is 2.33. The van der Waals surface area contributed by atoms with Crippen molar-refractivity contribution in [1.82, 2.24) is 5.32 Å². The number of allylic oxidation sites excluding steroid dienone is 4. The van der Waals surface area contributed by atoms with E-state index in [0.717, 1.165) is 11.5 Å². The molecule has 13 heavy (non-hydrogen) atoms. The summed E-state index contributed by atoms with van der Waals surface area (Å²) in [5.41, 5.74) is 1.34. The second-order valence-corrected chi connectivity index (χ2v) is 4.03. The van der Waals surface area contributed by atoms with Gasteiger partial charge in [-0.05, 0) is 19.4 Å². The molecular formula is C11H15NS. The van der Waals surface area contributed by atoms with Crippen molar-refractivity contribution >= 4 is 17.2 Å². The van der Waals surface area contributed by atoms with Gasteiger partial charge in [-0.1, -0.05) is 43.1 Å². The fourth-order valence-electron chi connectivity index (χ4n) is 1.28. The number of hydrogen-bond acceptors (Lipinski definition) is 1. The molecule has 0 saturated carbocycles. The number of rotatable bonds is 2. The van der Waals surface area contributed by atoms with Crippen molar-refractivity contribution in [3.8, 4) is 0 Å². The minimum Gasteiger partial charge on any atom is -0.375 e. The summed E-state index contributed by atoms with van der Waals surface area (Å²) in [4.78, 5) is 0.936. The van der Waals surface area contributed by atoms with Crippen LogP contribution in [0.15, 0.2) is 36.5 Å². The quantitative estimate of drug-likeness (QED) is 0.534. The van der Waals surface area contributed by atoms with Crippen LogP contribution in [0, 0.1) is 5.41 Å². The molecule has 70 valence electrons. The van der Waals surface area contributed by atoms with Gasteiger partial charge in [0.1, 0.15) is 0 Å². The third kappa shape index (κ3) is 2.07. The van der Waals surface area contributed by atoms with Crippen molar-refractivity contribution in [3.05, 3.63) is 36.5 Å². The van der Waals surface area contributed by atoms with Crippen molar-refractivity contribution in [2.45, 2.75) is 13.8 Å². The molecule has 0 bridgehead atoms. The normalized spacial score (nSPS) is 23.8. The molecule has 1 nitrogen and oxygen atoms in total. The molecule has 1 rings (SSSR count). The minimum atomic E-state index is 0.0147. The van der Waals surface area contributed by atoms with Gasteiger partial charge in [-0.15, -0.1) is 0 Å². The molecule has 1 aliphatic heterocycles. The number of thiocarbonyl (C=S) groups is 1. The van der Waals surface area contributed by atoms with Gasteiger partial charge in [0, 0.05) is 12.0 Å². The Morgan fingerprint density at radius 2 is 2.15 bits per heavy atom. The zero-order valence-electron chi connectivity index (χ0n) is 8.13. The third-order valence-corrected chi connectivity index (χ3v) is 3.01. The lowest BCUT2D eigenvalue weighted by atomic mass is 9.87. The summed E-state index contributed by atoms with van der Waals surface area (Å²) in [6, 6.07) is 0. The van der Waals surface area contributed by atoms with Gasteiger partial charge in [0.25, 0.3) is 0 Å². The van der Waals surface area contributed by atoms with Crippen LogP contribution in [0.5, 0.6) is 0 Å². The molecular weight excluding hydrogens is 178 g/mol. The van der Waals surface area contributed by atoms with Crippen molar-refractivity contribution < 1.29 is 0 Å². The van der Waals surface area contributed by atoms with E-state index in [1.165, 1.54) is 5.57 Å². The average Bonchev–Trinajstić information content (AvgIpc) is 2.32. The highest BCUT2D eigenvalue weighted by molar-refractivity contribution is 7.80. The van der Waals surface area contributed by atoms with Crippen LogP contribution in [0.2, 0.25) is 0 Å². The van der Waals surface area contributed by atoms with E-state index in [1.807, 2.05) is 12.2 Å². The second kappa shape index (κ2) is 3.88. The lowest BCUT2D eigenvalue weighted by Gasteiger charge is -2.17. The van der Waals surface area contributed by atoms with Crippen LogP contribution in [-0.4, -0.2) is 11.5 Å². The largest absolute Gasteiger partial charge is 0.375 e. The van der Waals surface area contributed by atoms with Crippen LogP contribution in [0.4, 0.5) is 0 Å². The molecule has 0 amide bonds. The fourth-order valence-corrected chi connectivity index (χ4v) is 1.48. The first-order valence-corrected chi connectivity index (χ1v) is 4.77. The van der Waals surface area contributed by atoms with Crippen LogP contribution in [-0.2, 0) is 0 Å². The molecule has 0 aromatic carbocycles. The smallest absolute Gasteiger partial charge is 0.0854 e. The highest BCUT2D eigenvalue weighted by atomic mass is 32.1. The van der Waals surface area contributed by atoms with Gasteiger partial charge < -0.3 is 5.32 Å². The average molecular weight is 193 g/mol. The van der Waals surface area contributed by atoms with Gasteiger partial charge >= 0.3 is 0 Å². The van der Waals surface area contributed by atoms with Gasteiger partial charge in [-0.25, -0.2) is 0 Å². The van der Waals surface area contributed by atoms with Gasteiger partial charge in [-0.3, -0.25) is 0 Å². The molecule has 0 unspecified atom stereocenters.